The van der Waals surface area contributed by atoms with Gasteiger partial charge in [-0.2, -0.15) is 0 Å². The average Bonchev–Trinajstić information content (AvgIpc) is 2.50. The van der Waals surface area contributed by atoms with Crippen LogP contribution in [0.3, 0.4) is 0 Å². The molecule has 1 aliphatic heterocycles. The lowest BCUT2D eigenvalue weighted by molar-refractivity contribution is -0.0190. The average molecular weight is 209 g/mol. The second-order valence-corrected chi connectivity index (χ2v) is 4.77. The molecule has 2 heterocycles. The zero-order valence-electron chi connectivity index (χ0n) is 9.48. The van der Waals surface area contributed by atoms with Gasteiger partial charge in [0.25, 0.3) is 0 Å². The van der Waals surface area contributed by atoms with Gasteiger partial charge in [-0.25, -0.2) is 4.98 Å². The van der Waals surface area contributed by atoms with E-state index in [1.165, 1.54) is 0 Å². The molecule has 15 heavy (non-hydrogen) atoms. The first kappa shape index (κ1) is 10.6. The molecule has 84 valence electrons. The Hall–Kier alpha value is -0.870. The molecular weight excluding hydrogens is 190 g/mol. The van der Waals surface area contributed by atoms with Gasteiger partial charge in [0.2, 0.25) is 0 Å². The summed E-state index contributed by atoms with van der Waals surface area (Å²) in [7, 11) is 2.00. The summed E-state index contributed by atoms with van der Waals surface area (Å²) in [6.07, 6.45) is 5.75. The molecular formula is C11H19N3O. The number of imidazole rings is 1. The van der Waals surface area contributed by atoms with Crippen LogP contribution in [0.5, 0.6) is 0 Å². The highest BCUT2D eigenvalue weighted by Gasteiger charge is 2.28. The van der Waals surface area contributed by atoms with Crippen LogP contribution in [0.15, 0.2) is 12.4 Å². The predicted octanol–water partition coefficient (Wildman–Crippen LogP) is 0.767. The summed E-state index contributed by atoms with van der Waals surface area (Å²) in [6.45, 7) is 4.56. The smallest absolute Gasteiger partial charge is 0.122 e. The van der Waals surface area contributed by atoms with Gasteiger partial charge in [-0.15, -0.1) is 0 Å². The minimum Gasteiger partial charge on any atom is -0.389 e. The Labute approximate surface area is 90.5 Å². The molecule has 0 amide bonds. The normalized spacial score (nSPS) is 28.2. The molecule has 0 bridgehead atoms. The van der Waals surface area contributed by atoms with Gasteiger partial charge >= 0.3 is 0 Å². The number of hydrogen-bond donors (Lipinski definition) is 1. The topological polar surface area (TPSA) is 41.3 Å². The summed E-state index contributed by atoms with van der Waals surface area (Å²) in [5.74, 6) is 1.06. The lowest BCUT2D eigenvalue weighted by Crippen LogP contribution is -2.45. The number of aromatic nitrogens is 2. The first-order chi connectivity index (χ1) is 7.07. The number of hydrogen-bond acceptors (Lipinski definition) is 3. The van der Waals surface area contributed by atoms with Crippen LogP contribution in [-0.2, 0) is 13.6 Å². The molecule has 1 aromatic rings. The third-order valence-corrected chi connectivity index (χ3v) is 3.04. The fourth-order valence-electron chi connectivity index (χ4n) is 2.21. The Kier molecular flexibility index (Phi) is 2.80. The van der Waals surface area contributed by atoms with Crippen LogP contribution in [-0.4, -0.2) is 38.2 Å². The molecule has 0 saturated carbocycles. The quantitative estimate of drug-likeness (QED) is 0.782. The van der Waals surface area contributed by atoms with E-state index in [2.05, 4.69) is 9.88 Å². The van der Waals surface area contributed by atoms with Crippen molar-refractivity contribution in [1.29, 1.82) is 0 Å². The first-order valence-electron chi connectivity index (χ1n) is 5.48. The number of aliphatic hydroxyl groups is 1. The third kappa shape index (κ3) is 2.58. The molecule has 4 nitrogen and oxygen atoms in total. The summed E-state index contributed by atoms with van der Waals surface area (Å²) in [5, 5.41) is 9.97. The van der Waals surface area contributed by atoms with Crippen LogP contribution in [0.2, 0.25) is 0 Å². The molecule has 1 fully saturated rings. The van der Waals surface area contributed by atoms with Gasteiger partial charge in [0.1, 0.15) is 5.82 Å². The van der Waals surface area contributed by atoms with E-state index < -0.39 is 5.60 Å². The van der Waals surface area contributed by atoms with Crippen molar-refractivity contribution in [3.8, 4) is 0 Å². The van der Waals surface area contributed by atoms with Gasteiger partial charge in [-0.05, 0) is 26.3 Å². The molecule has 1 saturated heterocycles. The van der Waals surface area contributed by atoms with Gasteiger partial charge in [0.15, 0.2) is 0 Å². The second kappa shape index (κ2) is 3.94. The fourth-order valence-corrected chi connectivity index (χ4v) is 2.21. The van der Waals surface area contributed by atoms with Crippen molar-refractivity contribution in [2.24, 2.45) is 7.05 Å². The zero-order chi connectivity index (χ0) is 10.9. The maximum atomic E-state index is 9.97. The van der Waals surface area contributed by atoms with Gasteiger partial charge in [0.05, 0.1) is 12.1 Å². The summed E-state index contributed by atoms with van der Waals surface area (Å²) >= 11 is 0. The van der Waals surface area contributed by atoms with Crippen LogP contribution in [0, 0.1) is 0 Å². The van der Waals surface area contributed by atoms with Gasteiger partial charge in [0, 0.05) is 26.0 Å². The summed E-state index contributed by atoms with van der Waals surface area (Å²) in [6, 6.07) is 0. The molecule has 1 N–H and O–H groups in total. The SMILES string of the molecule is Cn1ccnc1CN1CCCC(C)(O)C1. The third-order valence-electron chi connectivity index (χ3n) is 3.04. The Morgan fingerprint density at radius 2 is 2.40 bits per heavy atom. The van der Waals surface area contributed by atoms with E-state index in [-0.39, 0.29) is 0 Å². The highest BCUT2D eigenvalue weighted by Crippen LogP contribution is 2.21. The Bertz CT molecular complexity index is 332. The first-order valence-corrected chi connectivity index (χ1v) is 5.48. The van der Waals surface area contributed by atoms with Crippen molar-refractivity contribution < 1.29 is 5.11 Å². The number of aryl methyl sites for hydroxylation is 1. The van der Waals surface area contributed by atoms with Crippen molar-refractivity contribution in [2.75, 3.05) is 13.1 Å². The van der Waals surface area contributed by atoms with E-state index >= 15 is 0 Å². The summed E-state index contributed by atoms with van der Waals surface area (Å²) in [5.41, 5.74) is -0.524. The van der Waals surface area contributed by atoms with Crippen LogP contribution in [0.1, 0.15) is 25.6 Å². The van der Waals surface area contributed by atoms with Gasteiger partial charge in [-0.3, -0.25) is 4.90 Å². The highest BCUT2D eigenvalue weighted by atomic mass is 16.3. The molecule has 1 aliphatic rings. The van der Waals surface area contributed by atoms with E-state index in [0.717, 1.165) is 38.3 Å². The number of nitrogens with zero attached hydrogens (tertiary/aromatic N) is 3. The standard InChI is InChI=1S/C11H19N3O/c1-11(15)4-3-6-14(9-11)8-10-12-5-7-13(10)2/h5,7,15H,3-4,6,8-9H2,1-2H3. The van der Waals surface area contributed by atoms with Crippen LogP contribution in [0.4, 0.5) is 0 Å². The second-order valence-electron chi connectivity index (χ2n) is 4.77. The maximum Gasteiger partial charge on any atom is 0.122 e. The van der Waals surface area contributed by atoms with Gasteiger partial charge < -0.3 is 9.67 Å². The number of β-amino-alcohol motifs (C(OH)–C–C–N with tert-alkyl or cyclic N) is 1. The summed E-state index contributed by atoms with van der Waals surface area (Å²) in [4.78, 5) is 6.57. The number of likely N-dealkylation sites (tertiary alicyclic amines) is 1. The summed E-state index contributed by atoms with van der Waals surface area (Å²) < 4.78 is 2.03. The molecule has 4 heteroatoms. The Morgan fingerprint density at radius 3 is 3.00 bits per heavy atom. The molecule has 0 aromatic carbocycles. The van der Waals surface area contributed by atoms with Crippen LogP contribution in [0.25, 0.3) is 0 Å². The number of piperidine rings is 1. The minimum atomic E-state index is -0.524. The van der Waals surface area contributed by atoms with Crippen LogP contribution >= 0.6 is 0 Å². The maximum absolute atomic E-state index is 9.97. The molecule has 0 radical (unpaired) electrons. The van der Waals surface area contributed by atoms with E-state index in [0.29, 0.717) is 0 Å². The number of rotatable bonds is 2. The van der Waals surface area contributed by atoms with E-state index in [1.807, 2.05) is 30.9 Å². The molecule has 1 unspecified atom stereocenters. The lowest BCUT2D eigenvalue weighted by atomic mass is 9.95. The monoisotopic (exact) mass is 209 g/mol. The van der Waals surface area contributed by atoms with Crippen molar-refractivity contribution in [3.63, 3.8) is 0 Å². The molecule has 0 spiro atoms. The van der Waals surface area contributed by atoms with Crippen LogP contribution < -0.4 is 0 Å². The Morgan fingerprint density at radius 1 is 1.60 bits per heavy atom. The van der Waals surface area contributed by atoms with Crippen molar-refractivity contribution >= 4 is 0 Å². The van der Waals surface area contributed by atoms with Crippen molar-refractivity contribution in [3.05, 3.63) is 18.2 Å². The highest BCUT2D eigenvalue weighted by molar-refractivity contribution is 4.93. The largest absolute Gasteiger partial charge is 0.389 e. The van der Waals surface area contributed by atoms with Crippen molar-refractivity contribution in [1.82, 2.24) is 14.5 Å². The fraction of sp³-hybridized carbons (Fsp3) is 0.727. The van der Waals surface area contributed by atoms with E-state index in [1.54, 1.807) is 0 Å². The molecule has 2 rings (SSSR count). The molecule has 1 aromatic heterocycles. The van der Waals surface area contributed by atoms with E-state index in [9.17, 15) is 5.11 Å². The lowest BCUT2D eigenvalue weighted by Gasteiger charge is -2.36. The Balaban J connectivity index is 1.98. The van der Waals surface area contributed by atoms with Gasteiger partial charge in [-0.1, -0.05) is 0 Å². The predicted molar refractivity (Wildman–Crippen MR) is 58.3 cm³/mol. The molecule has 0 aliphatic carbocycles. The van der Waals surface area contributed by atoms with E-state index in [4.69, 9.17) is 0 Å². The zero-order valence-corrected chi connectivity index (χ0v) is 9.48. The molecule has 1 atom stereocenters. The van der Waals surface area contributed by atoms with Crippen molar-refractivity contribution in [2.45, 2.75) is 31.9 Å². The minimum absolute atomic E-state index is 0.524.